The lowest BCUT2D eigenvalue weighted by Crippen LogP contribution is -1.86. The molecule has 2 rings (SSSR count). The maximum Gasteiger partial charge on any atom is 0.124 e. The number of rotatable bonds is 0. The van der Waals surface area contributed by atoms with Gasteiger partial charge in [0, 0.05) is 10.4 Å². The highest BCUT2D eigenvalue weighted by molar-refractivity contribution is 14.1. The van der Waals surface area contributed by atoms with Gasteiger partial charge in [0.05, 0.1) is 5.52 Å². The van der Waals surface area contributed by atoms with Crippen LogP contribution in [0.4, 0.5) is 0 Å². The van der Waals surface area contributed by atoms with Gasteiger partial charge in [-0.25, -0.2) is 0 Å². The van der Waals surface area contributed by atoms with Crippen molar-refractivity contribution in [2.24, 2.45) is 0 Å². The van der Waals surface area contributed by atoms with Crippen molar-refractivity contribution in [3.63, 3.8) is 0 Å². The van der Waals surface area contributed by atoms with Crippen molar-refractivity contribution in [3.8, 4) is 0 Å². The third-order valence-corrected chi connectivity index (χ3v) is 2.28. The fourth-order valence-electron chi connectivity index (χ4n) is 0.991. The number of halogens is 2. The molecule has 0 atom stereocenters. The van der Waals surface area contributed by atoms with Gasteiger partial charge in [-0.15, -0.1) is 10.2 Å². The van der Waals surface area contributed by atoms with E-state index in [4.69, 9.17) is 11.6 Å². The zero-order valence-electron chi connectivity index (χ0n) is 5.96. The normalized spacial score (nSPS) is 10.5. The molecule has 0 bridgehead atoms. The number of benzene rings is 1. The highest BCUT2D eigenvalue weighted by atomic mass is 127. The molecule has 2 nitrogen and oxygen atoms in total. The SMILES string of the molecule is Clc1ccc2nnc(I)cc2c1. The zero-order valence-corrected chi connectivity index (χ0v) is 8.87. The van der Waals surface area contributed by atoms with Gasteiger partial charge in [-0.1, -0.05) is 11.6 Å². The molecule has 0 radical (unpaired) electrons. The van der Waals surface area contributed by atoms with Gasteiger partial charge < -0.3 is 0 Å². The number of hydrogen-bond acceptors (Lipinski definition) is 2. The minimum Gasteiger partial charge on any atom is -0.149 e. The van der Waals surface area contributed by atoms with E-state index in [-0.39, 0.29) is 0 Å². The molecule has 60 valence electrons. The lowest BCUT2D eigenvalue weighted by molar-refractivity contribution is 1.04. The summed E-state index contributed by atoms with van der Waals surface area (Å²) in [5.41, 5.74) is 0.875. The van der Waals surface area contributed by atoms with Gasteiger partial charge in [0.15, 0.2) is 0 Å². The van der Waals surface area contributed by atoms with Crippen LogP contribution in [0.25, 0.3) is 10.9 Å². The van der Waals surface area contributed by atoms with E-state index in [1.807, 2.05) is 24.3 Å². The minimum atomic E-state index is 0.728. The molecule has 0 saturated carbocycles. The fourth-order valence-corrected chi connectivity index (χ4v) is 1.61. The molecule has 0 aliphatic carbocycles. The second-order valence-electron chi connectivity index (χ2n) is 2.37. The summed E-state index contributed by atoms with van der Waals surface area (Å²) in [5, 5.41) is 9.69. The highest BCUT2D eigenvalue weighted by Gasteiger charge is 1.97. The molecule has 1 aromatic carbocycles. The Kier molecular flexibility index (Phi) is 2.14. The third kappa shape index (κ3) is 1.51. The summed E-state index contributed by atoms with van der Waals surface area (Å²) in [6, 6.07) is 7.51. The van der Waals surface area contributed by atoms with Crippen LogP contribution in [0.2, 0.25) is 5.02 Å². The number of hydrogen-bond donors (Lipinski definition) is 0. The van der Waals surface area contributed by atoms with E-state index in [9.17, 15) is 0 Å². The average molecular weight is 290 g/mol. The zero-order chi connectivity index (χ0) is 8.55. The van der Waals surface area contributed by atoms with Gasteiger partial charge in [-0.05, 0) is 46.9 Å². The van der Waals surface area contributed by atoms with E-state index in [0.29, 0.717) is 0 Å². The fraction of sp³-hybridized carbons (Fsp3) is 0. The van der Waals surface area contributed by atoms with Gasteiger partial charge in [-0.2, -0.15) is 0 Å². The summed E-state index contributed by atoms with van der Waals surface area (Å²) in [7, 11) is 0. The van der Waals surface area contributed by atoms with Gasteiger partial charge in [0.1, 0.15) is 3.70 Å². The van der Waals surface area contributed by atoms with Crippen LogP contribution in [0.3, 0.4) is 0 Å². The van der Waals surface area contributed by atoms with E-state index in [1.165, 1.54) is 0 Å². The summed E-state index contributed by atoms with van der Waals surface area (Å²) in [5.74, 6) is 0. The molecule has 0 aliphatic rings. The average Bonchev–Trinajstić information content (AvgIpc) is 2.03. The molecule has 0 unspecified atom stereocenters. The van der Waals surface area contributed by atoms with E-state index in [1.54, 1.807) is 0 Å². The molecule has 0 amide bonds. The van der Waals surface area contributed by atoms with Crippen molar-refractivity contribution >= 4 is 45.1 Å². The molecule has 0 fully saturated rings. The van der Waals surface area contributed by atoms with Crippen LogP contribution in [0.15, 0.2) is 24.3 Å². The molecule has 1 aromatic heterocycles. The van der Waals surface area contributed by atoms with Crippen LogP contribution in [0.1, 0.15) is 0 Å². The molecule has 0 spiro atoms. The number of nitrogens with zero attached hydrogens (tertiary/aromatic N) is 2. The van der Waals surface area contributed by atoms with Crippen molar-refractivity contribution in [2.45, 2.75) is 0 Å². The quantitative estimate of drug-likeness (QED) is 0.697. The smallest absolute Gasteiger partial charge is 0.124 e. The summed E-state index contributed by atoms with van der Waals surface area (Å²) in [6.07, 6.45) is 0. The van der Waals surface area contributed by atoms with E-state index >= 15 is 0 Å². The first kappa shape index (κ1) is 8.19. The number of fused-ring (bicyclic) bond motifs is 1. The Hall–Kier alpha value is -0.420. The van der Waals surface area contributed by atoms with Gasteiger partial charge >= 0.3 is 0 Å². The van der Waals surface area contributed by atoms with Crippen LogP contribution >= 0.6 is 34.2 Å². The Morgan fingerprint density at radius 2 is 2.00 bits per heavy atom. The maximum atomic E-state index is 5.82. The van der Waals surface area contributed by atoms with Crippen LogP contribution < -0.4 is 0 Å². The summed E-state index contributed by atoms with van der Waals surface area (Å²) >= 11 is 7.94. The topological polar surface area (TPSA) is 25.8 Å². The van der Waals surface area contributed by atoms with Crippen LogP contribution in [0.5, 0.6) is 0 Å². The third-order valence-electron chi connectivity index (χ3n) is 1.52. The Bertz CT molecular complexity index is 394. The Morgan fingerprint density at radius 1 is 1.17 bits per heavy atom. The molecule has 0 N–H and O–H groups in total. The molecular formula is C8H4ClIN2. The van der Waals surface area contributed by atoms with Gasteiger partial charge in [0.2, 0.25) is 0 Å². The van der Waals surface area contributed by atoms with Gasteiger partial charge in [0.25, 0.3) is 0 Å². The van der Waals surface area contributed by atoms with E-state index in [2.05, 4.69) is 32.8 Å². The summed E-state index contributed by atoms with van der Waals surface area (Å²) < 4.78 is 0.877. The molecule has 1 heterocycles. The van der Waals surface area contributed by atoms with E-state index in [0.717, 1.165) is 19.6 Å². The first-order valence-corrected chi connectivity index (χ1v) is 4.80. The van der Waals surface area contributed by atoms with Crippen molar-refractivity contribution in [1.29, 1.82) is 0 Å². The Morgan fingerprint density at radius 3 is 2.83 bits per heavy atom. The minimum absolute atomic E-state index is 0.728. The predicted octanol–water partition coefficient (Wildman–Crippen LogP) is 2.89. The maximum absolute atomic E-state index is 5.82. The highest BCUT2D eigenvalue weighted by Crippen LogP contribution is 2.17. The predicted molar refractivity (Wildman–Crippen MR) is 57.3 cm³/mol. The molecule has 0 aliphatic heterocycles. The van der Waals surface area contributed by atoms with Crippen LogP contribution in [-0.4, -0.2) is 10.2 Å². The van der Waals surface area contributed by atoms with Crippen molar-refractivity contribution < 1.29 is 0 Å². The van der Waals surface area contributed by atoms with Crippen molar-refractivity contribution in [1.82, 2.24) is 10.2 Å². The lowest BCUT2D eigenvalue weighted by Gasteiger charge is -1.96. The Labute approximate surface area is 88.1 Å². The Balaban J connectivity index is 2.80. The largest absolute Gasteiger partial charge is 0.149 e. The molecule has 4 heteroatoms. The second-order valence-corrected chi connectivity index (χ2v) is 3.91. The lowest BCUT2D eigenvalue weighted by atomic mass is 10.2. The summed E-state index contributed by atoms with van der Waals surface area (Å²) in [4.78, 5) is 0. The van der Waals surface area contributed by atoms with Crippen molar-refractivity contribution in [3.05, 3.63) is 33.0 Å². The molecule has 12 heavy (non-hydrogen) atoms. The standard InChI is InChI=1S/C8H4ClIN2/c9-6-1-2-7-5(3-6)4-8(10)12-11-7/h1-4H. The first-order valence-electron chi connectivity index (χ1n) is 3.34. The van der Waals surface area contributed by atoms with Crippen LogP contribution in [-0.2, 0) is 0 Å². The van der Waals surface area contributed by atoms with E-state index < -0.39 is 0 Å². The van der Waals surface area contributed by atoms with Crippen LogP contribution in [0, 0.1) is 3.70 Å². The summed E-state index contributed by atoms with van der Waals surface area (Å²) in [6.45, 7) is 0. The first-order chi connectivity index (χ1) is 5.75. The molecular weight excluding hydrogens is 286 g/mol. The van der Waals surface area contributed by atoms with Crippen molar-refractivity contribution in [2.75, 3.05) is 0 Å². The number of aromatic nitrogens is 2. The van der Waals surface area contributed by atoms with Gasteiger partial charge in [-0.3, -0.25) is 0 Å². The second kappa shape index (κ2) is 3.14. The monoisotopic (exact) mass is 290 g/mol. The molecule has 0 saturated heterocycles. The molecule has 2 aromatic rings.